The fourth-order valence-electron chi connectivity index (χ4n) is 8.17. The van der Waals surface area contributed by atoms with E-state index in [1.807, 2.05) is 17.0 Å². The molecular formula is C35H47N3O4S. The van der Waals surface area contributed by atoms with Gasteiger partial charge in [0.25, 0.3) is 0 Å². The van der Waals surface area contributed by atoms with Gasteiger partial charge in [0.1, 0.15) is 0 Å². The van der Waals surface area contributed by atoms with Crippen LogP contribution in [0.3, 0.4) is 0 Å². The van der Waals surface area contributed by atoms with E-state index in [0.29, 0.717) is 41.5 Å². The fourth-order valence-corrected chi connectivity index (χ4v) is 8.80. The molecule has 43 heavy (non-hydrogen) atoms. The van der Waals surface area contributed by atoms with E-state index in [0.717, 1.165) is 64.1 Å². The van der Waals surface area contributed by atoms with E-state index in [9.17, 15) is 18.0 Å². The molecule has 0 bridgehead atoms. The van der Waals surface area contributed by atoms with Crippen LogP contribution in [0, 0.1) is 17.3 Å². The predicted molar refractivity (Wildman–Crippen MR) is 168 cm³/mol. The number of rotatable bonds is 8. The van der Waals surface area contributed by atoms with E-state index in [1.54, 1.807) is 12.1 Å². The van der Waals surface area contributed by atoms with E-state index in [1.165, 1.54) is 43.9 Å². The van der Waals surface area contributed by atoms with Gasteiger partial charge in [-0.2, -0.15) is 0 Å². The molecule has 1 saturated carbocycles. The highest BCUT2D eigenvalue weighted by Gasteiger charge is 2.48. The third kappa shape index (κ3) is 6.85. The summed E-state index contributed by atoms with van der Waals surface area (Å²) < 4.78 is 23.6. The molecule has 4 fully saturated rings. The fraction of sp³-hybridized carbons (Fsp3) is 0.600. The minimum absolute atomic E-state index is 0.252. The second-order valence-electron chi connectivity index (χ2n) is 13.8. The lowest BCUT2D eigenvalue weighted by molar-refractivity contribution is -0.139. The lowest BCUT2D eigenvalue weighted by Gasteiger charge is -2.39. The van der Waals surface area contributed by atoms with E-state index < -0.39 is 9.84 Å². The summed E-state index contributed by atoms with van der Waals surface area (Å²) >= 11 is 0. The summed E-state index contributed by atoms with van der Waals surface area (Å²) in [6.07, 6.45) is 10.8. The zero-order valence-electron chi connectivity index (χ0n) is 25.6. The Morgan fingerprint density at radius 3 is 2.23 bits per heavy atom. The Labute approximate surface area is 257 Å². The Balaban J connectivity index is 1.05. The first-order valence-electron chi connectivity index (χ1n) is 16.3. The van der Waals surface area contributed by atoms with Crippen molar-refractivity contribution in [3.05, 3.63) is 65.7 Å². The van der Waals surface area contributed by atoms with Crippen molar-refractivity contribution >= 4 is 21.7 Å². The maximum atomic E-state index is 13.6. The van der Waals surface area contributed by atoms with Crippen molar-refractivity contribution in [1.82, 2.24) is 14.7 Å². The largest absolute Gasteiger partial charge is 0.342 e. The second-order valence-corrected chi connectivity index (χ2v) is 15.8. The number of piperidine rings is 1. The minimum atomic E-state index is -3.23. The van der Waals surface area contributed by atoms with Crippen molar-refractivity contribution in [3.8, 4) is 0 Å². The molecule has 8 heteroatoms. The number of amides is 2. The van der Waals surface area contributed by atoms with Gasteiger partial charge >= 0.3 is 0 Å². The summed E-state index contributed by atoms with van der Waals surface area (Å²) in [7, 11) is -3.23. The van der Waals surface area contributed by atoms with Gasteiger partial charge in [0, 0.05) is 51.3 Å². The van der Waals surface area contributed by atoms with Gasteiger partial charge in [-0.15, -0.1) is 0 Å². The molecule has 2 unspecified atom stereocenters. The molecule has 2 atom stereocenters. The summed E-state index contributed by atoms with van der Waals surface area (Å²) in [6, 6.07) is 17.7. The molecule has 3 heterocycles. The monoisotopic (exact) mass is 605 g/mol. The van der Waals surface area contributed by atoms with Gasteiger partial charge in [-0.25, -0.2) is 8.42 Å². The molecule has 3 aliphatic heterocycles. The van der Waals surface area contributed by atoms with Crippen molar-refractivity contribution in [1.29, 1.82) is 0 Å². The highest BCUT2D eigenvalue weighted by molar-refractivity contribution is 7.90. The predicted octanol–water partition coefficient (Wildman–Crippen LogP) is 5.12. The Morgan fingerprint density at radius 2 is 1.56 bits per heavy atom. The van der Waals surface area contributed by atoms with E-state index in [-0.39, 0.29) is 11.3 Å². The molecular weight excluding hydrogens is 558 g/mol. The summed E-state index contributed by atoms with van der Waals surface area (Å²) in [5.41, 5.74) is 2.02. The highest BCUT2D eigenvalue weighted by atomic mass is 32.2. The van der Waals surface area contributed by atoms with Crippen LogP contribution < -0.4 is 0 Å². The number of hydrogen-bond acceptors (Lipinski definition) is 5. The zero-order valence-corrected chi connectivity index (χ0v) is 26.4. The third-order valence-electron chi connectivity index (χ3n) is 10.8. The standard InChI is InChI=1S/C35H47N3O4S/c1-43(41,42)31-14-12-28(13-15-31)23-37-21-18-35(34(37)40)16-19-36(20-17-35)24-30-25-38(26-32(30)29-10-6-3-7-11-29)33(39)22-27-8-4-2-5-9-27/h3,6-7,10-15,27,30,32H,2,4-5,8-9,16-26H2,1H3. The number of hydrogen-bond donors (Lipinski definition) is 0. The number of nitrogens with zero attached hydrogens (tertiary/aromatic N) is 3. The lowest BCUT2D eigenvalue weighted by Crippen LogP contribution is -2.46. The number of likely N-dealkylation sites (tertiary alicyclic amines) is 3. The SMILES string of the molecule is CS(=O)(=O)c1ccc(CN2CCC3(CCN(CC4CN(C(=O)CC5CCCCC5)CC4c4ccccc4)CC3)C2=O)cc1. The molecule has 232 valence electrons. The van der Waals surface area contributed by atoms with Crippen molar-refractivity contribution in [3.63, 3.8) is 0 Å². The quantitative estimate of drug-likeness (QED) is 0.418. The first kappa shape index (κ1) is 30.3. The Hall–Kier alpha value is -2.71. The van der Waals surface area contributed by atoms with Gasteiger partial charge in [-0.05, 0) is 80.3 Å². The van der Waals surface area contributed by atoms with Crippen LogP contribution >= 0.6 is 0 Å². The molecule has 1 spiro atoms. The third-order valence-corrected chi connectivity index (χ3v) is 12.0. The highest BCUT2D eigenvalue weighted by Crippen LogP contribution is 2.43. The van der Waals surface area contributed by atoms with Gasteiger partial charge in [-0.3, -0.25) is 9.59 Å². The Bertz CT molecular complexity index is 1380. The van der Waals surface area contributed by atoms with Gasteiger partial charge in [-0.1, -0.05) is 61.7 Å². The van der Waals surface area contributed by atoms with Gasteiger partial charge < -0.3 is 14.7 Å². The smallest absolute Gasteiger partial charge is 0.229 e. The van der Waals surface area contributed by atoms with Gasteiger partial charge in [0.05, 0.1) is 10.3 Å². The first-order chi connectivity index (χ1) is 20.7. The van der Waals surface area contributed by atoms with Crippen molar-refractivity contribution in [2.75, 3.05) is 45.5 Å². The number of carbonyl (C=O) groups excluding carboxylic acids is 2. The van der Waals surface area contributed by atoms with Crippen LogP contribution in [-0.4, -0.2) is 80.5 Å². The summed E-state index contributed by atoms with van der Waals surface area (Å²) in [6.45, 7) is 5.72. The lowest BCUT2D eigenvalue weighted by atomic mass is 9.76. The minimum Gasteiger partial charge on any atom is -0.342 e. The number of sulfone groups is 1. The van der Waals surface area contributed by atoms with Gasteiger partial charge in [0.2, 0.25) is 11.8 Å². The van der Waals surface area contributed by atoms with Crippen LogP contribution in [0.2, 0.25) is 0 Å². The van der Waals surface area contributed by atoms with Crippen LogP contribution in [0.25, 0.3) is 0 Å². The molecule has 6 rings (SSSR count). The Morgan fingerprint density at radius 1 is 0.884 bits per heavy atom. The van der Waals surface area contributed by atoms with Crippen LogP contribution in [0.4, 0.5) is 0 Å². The van der Waals surface area contributed by atoms with Crippen molar-refractivity contribution in [2.45, 2.75) is 75.1 Å². The number of benzene rings is 2. The molecule has 3 saturated heterocycles. The van der Waals surface area contributed by atoms with Crippen molar-refractivity contribution < 1.29 is 18.0 Å². The van der Waals surface area contributed by atoms with E-state index in [4.69, 9.17) is 0 Å². The molecule has 0 radical (unpaired) electrons. The molecule has 0 aromatic heterocycles. The normalized spacial score (nSPS) is 25.1. The molecule has 0 N–H and O–H groups in total. The molecule has 2 amide bonds. The average molecular weight is 606 g/mol. The second kappa shape index (κ2) is 12.7. The van der Waals surface area contributed by atoms with Crippen LogP contribution in [-0.2, 0) is 26.0 Å². The van der Waals surface area contributed by atoms with Crippen LogP contribution in [0.15, 0.2) is 59.5 Å². The maximum absolute atomic E-state index is 13.6. The Kier molecular flexibility index (Phi) is 8.97. The van der Waals surface area contributed by atoms with E-state index >= 15 is 0 Å². The molecule has 2 aromatic rings. The molecule has 7 nitrogen and oxygen atoms in total. The summed E-state index contributed by atoms with van der Waals surface area (Å²) in [4.78, 5) is 34.0. The van der Waals surface area contributed by atoms with E-state index in [2.05, 4.69) is 40.1 Å². The molecule has 2 aromatic carbocycles. The first-order valence-corrected chi connectivity index (χ1v) is 18.2. The van der Waals surface area contributed by atoms with Gasteiger partial charge in [0.15, 0.2) is 9.84 Å². The topological polar surface area (TPSA) is 78.0 Å². The zero-order chi connectivity index (χ0) is 30.0. The van der Waals surface area contributed by atoms with Crippen LogP contribution in [0.5, 0.6) is 0 Å². The summed E-state index contributed by atoms with van der Waals surface area (Å²) in [5, 5.41) is 0. The molecule has 1 aliphatic carbocycles. The number of carbonyl (C=O) groups is 2. The van der Waals surface area contributed by atoms with Crippen molar-refractivity contribution in [2.24, 2.45) is 17.3 Å². The average Bonchev–Trinajstić information content (AvgIpc) is 3.56. The molecule has 4 aliphatic rings. The maximum Gasteiger partial charge on any atom is 0.229 e. The van der Waals surface area contributed by atoms with Crippen LogP contribution in [0.1, 0.15) is 74.8 Å². The summed E-state index contributed by atoms with van der Waals surface area (Å²) in [5.74, 6) is 1.91.